The van der Waals surface area contributed by atoms with E-state index in [1.54, 1.807) is 25.2 Å². The topological polar surface area (TPSA) is 71.8 Å². The number of nitrogens with one attached hydrogen (secondary N) is 2. The van der Waals surface area contributed by atoms with Crippen LogP contribution >= 0.6 is 23.2 Å². The van der Waals surface area contributed by atoms with Gasteiger partial charge in [-0.2, -0.15) is 9.97 Å². The summed E-state index contributed by atoms with van der Waals surface area (Å²) < 4.78 is 1.30. The summed E-state index contributed by atoms with van der Waals surface area (Å²) in [6.45, 7) is 2.75. The second-order valence-electron chi connectivity index (χ2n) is 4.36. The van der Waals surface area contributed by atoms with Gasteiger partial charge in [0.05, 0.1) is 15.6 Å². The summed E-state index contributed by atoms with van der Waals surface area (Å²) in [5, 5.41) is 0.840. The molecule has 1 heterocycles. The number of nitrogens with zero attached hydrogens (tertiary/aromatic N) is 3. The number of aromatic nitrogens is 3. The number of rotatable bonds is 5. The van der Waals surface area contributed by atoms with Crippen molar-refractivity contribution in [3.8, 4) is 11.4 Å². The van der Waals surface area contributed by atoms with Crippen LogP contribution < -0.4 is 16.5 Å². The van der Waals surface area contributed by atoms with Crippen LogP contribution in [0.5, 0.6) is 0 Å². The van der Waals surface area contributed by atoms with E-state index in [4.69, 9.17) is 23.2 Å². The quantitative estimate of drug-likeness (QED) is 0.652. The van der Waals surface area contributed by atoms with Crippen molar-refractivity contribution in [1.82, 2.24) is 20.0 Å². The van der Waals surface area contributed by atoms with Crippen LogP contribution in [0.3, 0.4) is 0 Å². The third-order valence-corrected chi connectivity index (χ3v) is 3.41. The first kappa shape index (κ1) is 15.8. The van der Waals surface area contributed by atoms with E-state index >= 15 is 0 Å². The zero-order valence-electron chi connectivity index (χ0n) is 11.7. The third kappa shape index (κ3) is 3.53. The van der Waals surface area contributed by atoms with Gasteiger partial charge in [-0.25, -0.2) is 10.2 Å². The molecule has 6 nitrogen and oxygen atoms in total. The third-order valence-electron chi connectivity index (χ3n) is 2.78. The smallest absolute Gasteiger partial charge is 0.289 e. The van der Waals surface area contributed by atoms with E-state index in [-0.39, 0.29) is 5.95 Å². The molecular weight excluding hydrogens is 313 g/mol. The molecule has 0 unspecified atom stereocenters. The van der Waals surface area contributed by atoms with Crippen LogP contribution in [0.4, 0.5) is 5.95 Å². The predicted octanol–water partition coefficient (Wildman–Crippen LogP) is 2.48. The number of halogens is 2. The lowest BCUT2D eigenvalue weighted by Gasteiger charge is -2.12. The van der Waals surface area contributed by atoms with E-state index < -0.39 is 5.69 Å². The average Bonchev–Trinajstić information content (AvgIpc) is 2.44. The molecule has 0 aliphatic carbocycles. The maximum atomic E-state index is 11.9. The number of hydrogen-bond donors (Lipinski definition) is 2. The van der Waals surface area contributed by atoms with Gasteiger partial charge in [-0.3, -0.25) is 9.99 Å². The highest BCUT2D eigenvalue weighted by molar-refractivity contribution is 6.38. The van der Waals surface area contributed by atoms with E-state index in [1.165, 1.54) is 4.57 Å². The minimum Gasteiger partial charge on any atom is -0.289 e. The van der Waals surface area contributed by atoms with Crippen LogP contribution in [-0.2, 0) is 7.05 Å². The fourth-order valence-electron chi connectivity index (χ4n) is 1.71. The molecule has 0 spiro atoms. The van der Waals surface area contributed by atoms with Gasteiger partial charge in [0.15, 0.2) is 5.82 Å². The van der Waals surface area contributed by atoms with Crippen LogP contribution in [0.25, 0.3) is 11.4 Å². The average molecular weight is 328 g/mol. The maximum Gasteiger partial charge on any atom is 0.352 e. The lowest BCUT2D eigenvalue weighted by molar-refractivity contribution is 0.730. The van der Waals surface area contributed by atoms with Crippen molar-refractivity contribution in [2.24, 2.45) is 7.05 Å². The van der Waals surface area contributed by atoms with Gasteiger partial charge in [-0.1, -0.05) is 36.2 Å². The number of anilines is 1. The first-order valence-electron chi connectivity index (χ1n) is 6.43. The SMILES string of the molecule is CCCNNc1nc(-c2c(Cl)cccc2Cl)n(C)c(=O)n1. The Bertz CT molecular complexity index is 681. The van der Waals surface area contributed by atoms with Crippen molar-refractivity contribution < 1.29 is 0 Å². The molecule has 0 aliphatic rings. The Balaban J connectivity index is 2.50. The number of benzene rings is 1. The van der Waals surface area contributed by atoms with E-state index in [1.807, 2.05) is 6.92 Å². The summed E-state index contributed by atoms with van der Waals surface area (Å²) in [5.74, 6) is 0.531. The second kappa shape index (κ2) is 6.89. The van der Waals surface area contributed by atoms with Crippen LogP contribution in [-0.4, -0.2) is 21.1 Å². The molecule has 0 bridgehead atoms. The Morgan fingerprint density at radius 3 is 2.52 bits per heavy atom. The molecule has 2 N–H and O–H groups in total. The molecule has 1 aromatic heterocycles. The largest absolute Gasteiger partial charge is 0.352 e. The molecule has 0 saturated heterocycles. The van der Waals surface area contributed by atoms with Gasteiger partial charge in [0.25, 0.3) is 0 Å². The van der Waals surface area contributed by atoms with Crippen LogP contribution in [0.1, 0.15) is 13.3 Å². The molecule has 2 aromatic rings. The van der Waals surface area contributed by atoms with Crippen molar-refractivity contribution in [1.29, 1.82) is 0 Å². The highest BCUT2D eigenvalue weighted by Gasteiger charge is 2.15. The summed E-state index contributed by atoms with van der Waals surface area (Å²) in [5.41, 5.74) is 5.76. The molecule has 112 valence electrons. The zero-order chi connectivity index (χ0) is 15.4. The molecule has 21 heavy (non-hydrogen) atoms. The normalized spacial score (nSPS) is 10.7. The molecule has 8 heteroatoms. The summed E-state index contributed by atoms with van der Waals surface area (Å²) in [7, 11) is 1.57. The highest BCUT2D eigenvalue weighted by atomic mass is 35.5. The summed E-state index contributed by atoms with van der Waals surface area (Å²) in [4.78, 5) is 20.1. The minimum atomic E-state index is -0.447. The predicted molar refractivity (Wildman–Crippen MR) is 84.6 cm³/mol. The molecule has 0 saturated carbocycles. The van der Waals surface area contributed by atoms with Gasteiger partial charge in [0.1, 0.15) is 0 Å². The van der Waals surface area contributed by atoms with Crippen molar-refractivity contribution in [3.63, 3.8) is 0 Å². The lowest BCUT2D eigenvalue weighted by Crippen LogP contribution is -2.29. The van der Waals surface area contributed by atoms with E-state index in [0.717, 1.165) is 13.0 Å². The Labute approximate surface area is 132 Å². The molecule has 0 fully saturated rings. The van der Waals surface area contributed by atoms with Gasteiger partial charge in [0, 0.05) is 13.6 Å². The molecular formula is C13H15Cl2N5O. The Kier molecular flexibility index (Phi) is 5.17. The standard InChI is InChI=1S/C13H15Cl2N5O/c1-3-7-16-19-12-17-11(20(2)13(21)18-12)10-8(14)5-4-6-9(10)15/h4-6,16H,3,7H2,1-2H3,(H,18,19,21). The minimum absolute atomic E-state index is 0.178. The first-order valence-corrected chi connectivity index (χ1v) is 7.18. The molecule has 0 radical (unpaired) electrons. The van der Waals surface area contributed by atoms with Gasteiger partial charge in [-0.15, -0.1) is 0 Å². The summed E-state index contributed by atoms with van der Waals surface area (Å²) in [6.07, 6.45) is 0.932. The fourth-order valence-corrected chi connectivity index (χ4v) is 2.28. The molecule has 0 amide bonds. The second-order valence-corrected chi connectivity index (χ2v) is 5.18. The Morgan fingerprint density at radius 1 is 1.24 bits per heavy atom. The Hall–Kier alpha value is -1.63. The Morgan fingerprint density at radius 2 is 1.90 bits per heavy atom. The highest BCUT2D eigenvalue weighted by Crippen LogP contribution is 2.32. The van der Waals surface area contributed by atoms with Crippen molar-refractivity contribution >= 4 is 29.2 Å². The van der Waals surface area contributed by atoms with E-state index in [2.05, 4.69) is 20.8 Å². The van der Waals surface area contributed by atoms with Crippen LogP contribution in [0.15, 0.2) is 23.0 Å². The maximum absolute atomic E-state index is 11.9. The van der Waals surface area contributed by atoms with E-state index in [0.29, 0.717) is 21.4 Å². The van der Waals surface area contributed by atoms with Crippen LogP contribution in [0, 0.1) is 0 Å². The summed E-state index contributed by atoms with van der Waals surface area (Å²) in [6, 6.07) is 5.12. The number of hydrogen-bond acceptors (Lipinski definition) is 5. The molecule has 1 aromatic carbocycles. The fraction of sp³-hybridized carbons (Fsp3) is 0.308. The van der Waals surface area contributed by atoms with Crippen LogP contribution in [0.2, 0.25) is 10.0 Å². The van der Waals surface area contributed by atoms with Gasteiger partial charge < -0.3 is 0 Å². The first-order chi connectivity index (χ1) is 10.0. The zero-order valence-corrected chi connectivity index (χ0v) is 13.2. The van der Waals surface area contributed by atoms with Crippen molar-refractivity contribution in [3.05, 3.63) is 38.7 Å². The van der Waals surface area contributed by atoms with Gasteiger partial charge in [0.2, 0.25) is 5.95 Å². The molecule has 0 aliphatic heterocycles. The van der Waals surface area contributed by atoms with Crippen molar-refractivity contribution in [2.75, 3.05) is 12.0 Å². The van der Waals surface area contributed by atoms with Gasteiger partial charge in [-0.05, 0) is 18.6 Å². The molecule has 2 rings (SSSR count). The lowest BCUT2D eigenvalue weighted by atomic mass is 10.2. The van der Waals surface area contributed by atoms with Gasteiger partial charge >= 0.3 is 5.69 Å². The monoisotopic (exact) mass is 327 g/mol. The number of hydrazine groups is 1. The summed E-state index contributed by atoms with van der Waals surface area (Å²) >= 11 is 12.3. The molecule has 0 atom stereocenters. The van der Waals surface area contributed by atoms with E-state index in [9.17, 15) is 4.79 Å². The van der Waals surface area contributed by atoms with Crippen molar-refractivity contribution in [2.45, 2.75) is 13.3 Å².